The van der Waals surface area contributed by atoms with E-state index in [0.717, 1.165) is 47.6 Å². The number of hydrogen-bond acceptors (Lipinski definition) is 11. The number of halogens is 1. The molecule has 1 saturated carbocycles. The van der Waals surface area contributed by atoms with Crippen LogP contribution >= 0.6 is 22.9 Å². The molecule has 3 aromatic carbocycles. The molecule has 3 heterocycles. The highest BCUT2D eigenvalue weighted by atomic mass is 35.5. The molecular weight excluding hydrogens is 914 g/mol. The van der Waals surface area contributed by atoms with Crippen LogP contribution in [0.5, 0.6) is 5.75 Å². The summed E-state index contributed by atoms with van der Waals surface area (Å²) in [5.74, 6) is -0.403. The van der Waals surface area contributed by atoms with Crippen molar-refractivity contribution in [3.63, 3.8) is 0 Å². The third-order valence-corrected chi connectivity index (χ3v) is 15.4. The molecule has 1 aliphatic carbocycles. The molecule has 1 aromatic heterocycles. The van der Waals surface area contributed by atoms with E-state index in [2.05, 4.69) is 71.7 Å². The number of aryl methyl sites for hydroxylation is 1. The number of nitrogens with one attached hydrogen (secondary N) is 3. The van der Waals surface area contributed by atoms with Gasteiger partial charge in [-0.15, -0.1) is 11.3 Å². The number of piperidine rings is 1. The molecule has 7 rings (SSSR count). The molecule has 3 aliphatic rings. The molecule has 3 atom stereocenters. The van der Waals surface area contributed by atoms with E-state index in [4.69, 9.17) is 21.1 Å². The smallest absolute Gasteiger partial charge is 0.251 e. The average molecular weight is 981 g/mol. The zero-order chi connectivity index (χ0) is 49.8. The van der Waals surface area contributed by atoms with Gasteiger partial charge in [0, 0.05) is 54.6 Å². The van der Waals surface area contributed by atoms with E-state index in [1.54, 1.807) is 29.5 Å². The van der Waals surface area contributed by atoms with Crippen LogP contribution in [-0.2, 0) is 25.7 Å². The number of nitriles is 1. The Morgan fingerprint density at radius 2 is 1.68 bits per heavy atom. The topological polar surface area (TPSA) is 186 Å². The molecule has 0 radical (unpaired) electrons. The lowest BCUT2D eigenvalue weighted by atomic mass is 9.49. The molecule has 1 unspecified atom stereocenters. The molecule has 368 valence electrons. The van der Waals surface area contributed by atoms with Crippen LogP contribution in [0, 0.1) is 34.5 Å². The van der Waals surface area contributed by atoms with E-state index in [1.807, 2.05) is 69.6 Å². The molecule has 4 N–H and O–H groups in total. The fourth-order valence-corrected chi connectivity index (χ4v) is 11.6. The lowest BCUT2D eigenvalue weighted by Crippen LogP contribution is -2.74. The second-order valence-electron chi connectivity index (χ2n) is 21.0. The molecule has 16 heteroatoms. The van der Waals surface area contributed by atoms with Crippen molar-refractivity contribution in [3.8, 4) is 22.3 Å². The van der Waals surface area contributed by atoms with Gasteiger partial charge in [0.15, 0.2) is 0 Å². The normalized spacial score (nSPS) is 21.7. The molecule has 0 spiro atoms. The number of hydrogen-bond donors (Lipinski definition) is 4. The van der Waals surface area contributed by atoms with Crippen LogP contribution in [0.1, 0.15) is 106 Å². The van der Waals surface area contributed by atoms with Crippen molar-refractivity contribution in [1.29, 1.82) is 5.26 Å². The molecule has 4 aromatic rings. The number of aliphatic hydroxyl groups excluding tert-OH is 1. The van der Waals surface area contributed by atoms with Crippen molar-refractivity contribution >= 4 is 46.6 Å². The predicted octanol–water partition coefficient (Wildman–Crippen LogP) is 7.26. The first-order valence-electron chi connectivity index (χ1n) is 23.8. The van der Waals surface area contributed by atoms with Gasteiger partial charge in [-0.1, -0.05) is 96.5 Å². The van der Waals surface area contributed by atoms with Crippen molar-refractivity contribution in [2.45, 2.75) is 117 Å². The summed E-state index contributed by atoms with van der Waals surface area (Å²) in [5.41, 5.74) is 5.49. The van der Waals surface area contributed by atoms with Crippen LogP contribution < -0.4 is 20.7 Å². The van der Waals surface area contributed by atoms with E-state index >= 15 is 0 Å². The highest BCUT2D eigenvalue weighted by molar-refractivity contribution is 7.13. The number of benzene rings is 3. The Morgan fingerprint density at radius 1 is 1.00 bits per heavy atom. The first-order chi connectivity index (χ1) is 32.7. The molecule has 0 bridgehead atoms. The Balaban J connectivity index is 0.823. The highest BCUT2D eigenvalue weighted by Crippen LogP contribution is 2.55. The van der Waals surface area contributed by atoms with Crippen LogP contribution in [0.3, 0.4) is 0 Å². The lowest BCUT2D eigenvalue weighted by molar-refractivity contribution is -0.164. The summed E-state index contributed by atoms with van der Waals surface area (Å²) in [5, 5.41) is 29.3. The number of nitrogens with zero attached hydrogens (tertiary/aromatic N) is 4. The van der Waals surface area contributed by atoms with Gasteiger partial charge in [0.2, 0.25) is 17.7 Å². The van der Waals surface area contributed by atoms with Gasteiger partial charge in [0.1, 0.15) is 36.6 Å². The third kappa shape index (κ3) is 11.8. The predicted molar refractivity (Wildman–Crippen MR) is 267 cm³/mol. The maximum absolute atomic E-state index is 14.1. The Morgan fingerprint density at radius 3 is 2.29 bits per heavy atom. The second kappa shape index (κ2) is 21.3. The van der Waals surface area contributed by atoms with Crippen molar-refractivity contribution in [3.05, 3.63) is 105 Å². The maximum Gasteiger partial charge on any atom is 0.251 e. The summed E-state index contributed by atoms with van der Waals surface area (Å²) in [7, 11) is 0. The quantitative estimate of drug-likeness (QED) is 0.0833. The minimum absolute atomic E-state index is 0.00609. The zero-order valence-electron chi connectivity index (χ0n) is 40.9. The minimum atomic E-state index is -0.947. The standard InChI is InChI=1S/C53H66ClN7O7S/c1-32-44(69-31-57-32)36-11-9-33(10-12-36)28-56-47(65)42-25-39(62)29-61(42)48(66)45(51(2,3)4)58-43(63)30-67-24-23-60-21-19-35(20-22-60)34-13-15-37(16-14-34)46(64)59-49-52(5,6)50(53(49,7)8)68-40-18-17-38(27-55)41(54)26-40/h9-18,26,31,35,39,42,45,49-50,62H,19-25,28-30H2,1-8H3,(H,56,65)(H,58,63)(H,59,64)/t39-,42+,45?,49-,50-/m1/s1. The molecule has 3 fully saturated rings. The number of β-amino-alcohol motifs (C(OH)–C–C–N with tert-alkyl or cyclic N) is 1. The van der Waals surface area contributed by atoms with Crippen LogP contribution in [0.4, 0.5) is 0 Å². The largest absolute Gasteiger partial charge is 0.489 e. The average Bonchev–Trinajstić information content (AvgIpc) is 3.94. The third-order valence-electron chi connectivity index (χ3n) is 14.2. The zero-order valence-corrected chi connectivity index (χ0v) is 42.5. The van der Waals surface area contributed by atoms with E-state index in [9.17, 15) is 29.5 Å². The molecule has 2 saturated heterocycles. The highest BCUT2D eigenvalue weighted by Gasteiger charge is 2.64. The van der Waals surface area contributed by atoms with Gasteiger partial charge in [-0.05, 0) is 85.1 Å². The number of likely N-dealkylation sites (tertiary alicyclic amines) is 2. The number of aliphatic hydroxyl groups is 1. The Kier molecular flexibility index (Phi) is 15.9. The van der Waals surface area contributed by atoms with Crippen molar-refractivity contribution in [1.82, 2.24) is 30.7 Å². The van der Waals surface area contributed by atoms with Crippen LogP contribution in [-0.4, -0.2) is 113 Å². The summed E-state index contributed by atoms with van der Waals surface area (Å²) in [6.45, 7) is 18.6. The summed E-state index contributed by atoms with van der Waals surface area (Å²) in [6.07, 6.45) is 0.937. The number of thiazole rings is 1. The second-order valence-corrected chi connectivity index (χ2v) is 22.3. The van der Waals surface area contributed by atoms with E-state index in [1.165, 1.54) is 10.5 Å². The number of ether oxygens (including phenoxy) is 2. The van der Waals surface area contributed by atoms with Gasteiger partial charge in [0.25, 0.3) is 5.91 Å². The van der Waals surface area contributed by atoms with E-state index in [0.29, 0.717) is 41.0 Å². The maximum atomic E-state index is 14.1. The summed E-state index contributed by atoms with van der Waals surface area (Å²) in [6, 6.07) is 21.0. The number of rotatable bonds is 16. The number of carbonyl (C=O) groups is 4. The van der Waals surface area contributed by atoms with E-state index in [-0.39, 0.29) is 60.9 Å². The molecule has 69 heavy (non-hydrogen) atoms. The Hall–Kier alpha value is -5.37. The van der Waals surface area contributed by atoms with Crippen molar-refractivity contribution in [2.75, 3.05) is 39.4 Å². The first-order valence-corrected chi connectivity index (χ1v) is 25.0. The molecule has 2 aliphatic heterocycles. The fourth-order valence-electron chi connectivity index (χ4n) is 10.5. The first kappa shape index (κ1) is 51.5. The Bertz CT molecular complexity index is 2510. The molecular formula is C53H66ClN7O7S. The number of carbonyl (C=O) groups excluding carboxylic acids is 4. The van der Waals surface area contributed by atoms with Gasteiger partial charge in [-0.25, -0.2) is 4.98 Å². The summed E-state index contributed by atoms with van der Waals surface area (Å²) < 4.78 is 12.2. The van der Waals surface area contributed by atoms with Gasteiger partial charge in [-0.2, -0.15) is 5.26 Å². The number of amides is 4. The fraction of sp³-hybridized carbons (Fsp3) is 0.509. The minimum Gasteiger partial charge on any atom is -0.489 e. The van der Waals surface area contributed by atoms with Gasteiger partial charge in [-0.3, -0.25) is 19.2 Å². The SMILES string of the molecule is Cc1ncsc1-c1ccc(CNC(=O)[C@@H]2C[C@@H](O)CN2C(=O)C(NC(=O)COCCN2CCC(c3ccc(C(=O)N[C@H]4C(C)(C)[C@H](Oc5ccc(C#N)c(Cl)c5)C4(C)C)cc3)CC2)C(C)(C)C)cc1. The summed E-state index contributed by atoms with van der Waals surface area (Å²) >= 11 is 7.84. The monoisotopic (exact) mass is 979 g/mol. The van der Waals surface area contributed by atoms with Gasteiger partial charge >= 0.3 is 0 Å². The Labute approximate surface area is 415 Å². The van der Waals surface area contributed by atoms with Crippen LogP contribution in [0.2, 0.25) is 5.02 Å². The summed E-state index contributed by atoms with van der Waals surface area (Å²) in [4.78, 5) is 63.4. The lowest BCUT2D eigenvalue weighted by Gasteiger charge is -2.63. The number of aromatic nitrogens is 1. The van der Waals surface area contributed by atoms with Gasteiger partial charge < -0.3 is 40.3 Å². The van der Waals surface area contributed by atoms with Crippen molar-refractivity contribution in [2.24, 2.45) is 16.2 Å². The molecule has 14 nitrogen and oxygen atoms in total. The van der Waals surface area contributed by atoms with Crippen LogP contribution in [0.25, 0.3) is 10.4 Å². The van der Waals surface area contributed by atoms with Crippen molar-refractivity contribution < 1.29 is 33.8 Å². The van der Waals surface area contributed by atoms with Crippen LogP contribution in [0.15, 0.2) is 72.2 Å². The van der Waals surface area contributed by atoms with E-state index < -0.39 is 35.4 Å². The van der Waals surface area contributed by atoms with Gasteiger partial charge in [0.05, 0.1) is 39.4 Å². The molecule has 4 amide bonds.